The van der Waals surface area contributed by atoms with E-state index in [9.17, 15) is 13.2 Å². The van der Waals surface area contributed by atoms with Crippen LogP contribution in [0.2, 0.25) is 5.02 Å². The van der Waals surface area contributed by atoms with E-state index in [1.165, 1.54) is 0 Å². The van der Waals surface area contributed by atoms with Gasteiger partial charge in [0.2, 0.25) is 15.9 Å². The van der Waals surface area contributed by atoms with Gasteiger partial charge in [0.25, 0.3) is 0 Å². The van der Waals surface area contributed by atoms with Crippen LogP contribution in [0.1, 0.15) is 31.9 Å². The fourth-order valence-corrected chi connectivity index (χ4v) is 4.00. The number of sulfonamides is 1. The summed E-state index contributed by atoms with van der Waals surface area (Å²) in [4.78, 5) is 12.7. The van der Waals surface area contributed by atoms with Gasteiger partial charge in [-0.05, 0) is 30.0 Å². The highest BCUT2D eigenvalue weighted by atomic mass is 35.5. The summed E-state index contributed by atoms with van der Waals surface area (Å²) in [5.74, 6) is -0.0140. The zero-order valence-electron chi connectivity index (χ0n) is 15.7. The molecule has 1 N–H and O–H groups in total. The Hall–Kier alpha value is -2.05. The molecule has 0 bridgehead atoms. The fourth-order valence-electron chi connectivity index (χ4n) is 2.84. The Morgan fingerprint density at radius 2 is 1.67 bits per heavy atom. The van der Waals surface area contributed by atoms with Gasteiger partial charge in [0.15, 0.2) is 0 Å². The molecule has 0 radical (unpaired) electrons. The van der Waals surface area contributed by atoms with Gasteiger partial charge in [-0.15, -0.1) is 0 Å². The zero-order valence-corrected chi connectivity index (χ0v) is 17.3. The van der Waals surface area contributed by atoms with Crippen LogP contribution in [0.15, 0.2) is 54.6 Å². The second-order valence-corrected chi connectivity index (χ2v) is 9.20. The molecule has 1 amide bonds. The lowest BCUT2D eigenvalue weighted by Gasteiger charge is -2.26. The van der Waals surface area contributed by atoms with Crippen molar-refractivity contribution in [3.63, 3.8) is 0 Å². The highest BCUT2D eigenvalue weighted by Gasteiger charge is 2.24. The molecule has 7 heteroatoms. The normalized spacial score (nSPS) is 12.6. The summed E-state index contributed by atoms with van der Waals surface area (Å²) in [6, 6.07) is 16.0. The summed E-state index contributed by atoms with van der Waals surface area (Å²) in [5.41, 5.74) is 1.28. The number of carbonyl (C=O) groups excluding carboxylic acids is 1. The molecule has 0 fully saturated rings. The predicted octanol–water partition coefficient (Wildman–Crippen LogP) is 4.01. The maximum absolute atomic E-state index is 12.7. The number of halogens is 1. The van der Waals surface area contributed by atoms with E-state index in [0.29, 0.717) is 5.92 Å². The molecule has 0 aliphatic heterocycles. The number of benzene rings is 2. The van der Waals surface area contributed by atoms with Crippen LogP contribution in [0.5, 0.6) is 0 Å². The van der Waals surface area contributed by atoms with Gasteiger partial charge < -0.3 is 5.32 Å². The molecule has 0 aromatic heterocycles. The third-order valence-corrected chi connectivity index (χ3v) is 5.50. The number of hydrogen-bond acceptors (Lipinski definition) is 3. The van der Waals surface area contributed by atoms with E-state index < -0.39 is 10.0 Å². The number of carbonyl (C=O) groups is 1. The van der Waals surface area contributed by atoms with Crippen LogP contribution < -0.4 is 9.62 Å². The highest BCUT2D eigenvalue weighted by molar-refractivity contribution is 7.92. The van der Waals surface area contributed by atoms with Crippen molar-refractivity contribution in [1.82, 2.24) is 5.32 Å². The van der Waals surface area contributed by atoms with Crippen LogP contribution >= 0.6 is 11.6 Å². The smallest absolute Gasteiger partial charge is 0.241 e. The quantitative estimate of drug-likeness (QED) is 0.717. The Morgan fingerprint density at radius 3 is 2.22 bits per heavy atom. The minimum Gasteiger partial charge on any atom is -0.348 e. The average molecular weight is 409 g/mol. The summed E-state index contributed by atoms with van der Waals surface area (Å²) in [5, 5.41) is 3.24. The molecule has 0 saturated carbocycles. The van der Waals surface area contributed by atoms with E-state index >= 15 is 0 Å². The molecule has 0 heterocycles. The number of amides is 1. The van der Waals surface area contributed by atoms with Crippen LogP contribution in [0, 0.1) is 5.92 Å². The molecule has 2 rings (SSSR count). The summed E-state index contributed by atoms with van der Waals surface area (Å²) in [6.07, 6.45) is 1.81. The molecule has 2 aromatic rings. The van der Waals surface area contributed by atoms with Crippen LogP contribution in [0.4, 0.5) is 5.69 Å². The van der Waals surface area contributed by atoms with Crippen LogP contribution in [-0.2, 0) is 14.8 Å². The molecule has 0 saturated heterocycles. The number of rotatable bonds is 8. The first-order chi connectivity index (χ1) is 12.7. The van der Waals surface area contributed by atoms with Crippen molar-refractivity contribution >= 4 is 33.2 Å². The highest BCUT2D eigenvalue weighted by Crippen LogP contribution is 2.27. The molecule has 0 aliphatic rings. The Balaban J connectivity index is 2.22. The standard InChI is InChI=1S/C20H25ClN2O3S/c1-15(2)13-18(16-9-5-4-6-10-16)22-20(24)14-23(27(3,25)26)19-12-8-7-11-17(19)21/h4-12,15,18H,13-14H2,1-3H3,(H,22,24)/t18-/m0/s1. The first kappa shape index (κ1) is 21.3. The van der Waals surface area contributed by atoms with E-state index in [1.807, 2.05) is 30.3 Å². The molecule has 1 atom stereocenters. The molecule has 2 aromatic carbocycles. The summed E-state index contributed by atoms with van der Waals surface area (Å²) in [6.45, 7) is 3.83. The van der Waals surface area contributed by atoms with Crippen molar-refractivity contribution in [1.29, 1.82) is 0 Å². The second kappa shape index (κ2) is 9.24. The summed E-state index contributed by atoms with van der Waals surface area (Å²) in [7, 11) is -3.67. The number of anilines is 1. The molecule has 0 unspecified atom stereocenters. The number of para-hydroxylation sites is 1. The molecule has 0 aliphatic carbocycles. The monoisotopic (exact) mass is 408 g/mol. The van der Waals surface area contributed by atoms with Crippen LogP contribution in [0.3, 0.4) is 0 Å². The maximum Gasteiger partial charge on any atom is 0.241 e. The van der Waals surface area contributed by atoms with E-state index in [2.05, 4.69) is 19.2 Å². The number of nitrogens with one attached hydrogen (secondary N) is 1. The number of nitrogens with zero attached hydrogens (tertiary/aromatic N) is 1. The average Bonchev–Trinajstić information content (AvgIpc) is 2.59. The third kappa shape index (κ3) is 6.26. The molecular weight excluding hydrogens is 384 g/mol. The van der Waals surface area contributed by atoms with Crippen LogP contribution in [0.25, 0.3) is 0 Å². The van der Waals surface area contributed by atoms with Crippen molar-refractivity contribution in [2.24, 2.45) is 5.92 Å². The number of hydrogen-bond donors (Lipinski definition) is 1. The Morgan fingerprint density at radius 1 is 1.07 bits per heavy atom. The SMILES string of the molecule is CC(C)C[C@H](NC(=O)CN(c1ccccc1Cl)S(C)(=O)=O)c1ccccc1. The van der Waals surface area contributed by atoms with Gasteiger partial charge in [-0.1, -0.05) is 67.9 Å². The summed E-state index contributed by atoms with van der Waals surface area (Å²) >= 11 is 6.14. The fraction of sp³-hybridized carbons (Fsp3) is 0.350. The second-order valence-electron chi connectivity index (χ2n) is 6.88. The Bertz CT molecular complexity index is 870. The van der Waals surface area contributed by atoms with E-state index in [0.717, 1.165) is 22.5 Å². The minimum atomic E-state index is -3.67. The van der Waals surface area contributed by atoms with Gasteiger partial charge >= 0.3 is 0 Å². The van der Waals surface area contributed by atoms with Crippen molar-refractivity contribution in [2.45, 2.75) is 26.3 Å². The first-order valence-corrected chi connectivity index (χ1v) is 11.0. The first-order valence-electron chi connectivity index (χ1n) is 8.75. The van der Waals surface area contributed by atoms with E-state index in [4.69, 9.17) is 11.6 Å². The van der Waals surface area contributed by atoms with Gasteiger partial charge in [-0.2, -0.15) is 0 Å². The predicted molar refractivity (Wildman–Crippen MR) is 110 cm³/mol. The van der Waals surface area contributed by atoms with Crippen molar-refractivity contribution < 1.29 is 13.2 Å². The van der Waals surface area contributed by atoms with E-state index in [-0.39, 0.29) is 29.2 Å². The van der Waals surface area contributed by atoms with Crippen molar-refractivity contribution in [3.05, 3.63) is 65.2 Å². The maximum atomic E-state index is 12.7. The largest absolute Gasteiger partial charge is 0.348 e. The molecular formula is C20H25ClN2O3S. The topological polar surface area (TPSA) is 66.5 Å². The van der Waals surface area contributed by atoms with Gasteiger partial charge in [0.05, 0.1) is 23.0 Å². The van der Waals surface area contributed by atoms with Crippen molar-refractivity contribution in [3.8, 4) is 0 Å². The molecule has 0 spiro atoms. The van der Waals surface area contributed by atoms with Crippen molar-refractivity contribution in [2.75, 3.05) is 17.1 Å². The van der Waals surface area contributed by atoms with Gasteiger partial charge in [0, 0.05) is 0 Å². The minimum absolute atomic E-state index is 0.189. The Labute approximate surface area is 166 Å². The lowest BCUT2D eigenvalue weighted by molar-refractivity contribution is -0.120. The van der Waals surface area contributed by atoms with Gasteiger partial charge in [-0.25, -0.2) is 8.42 Å². The molecule has 27 heavy (non-hydrogen) atoms. The third-order valence-electron chi connectivity index (χ3n) is 4.05. The Kier molecular flexibility index (Phi) is 7.27. The van der Waals surface area contributed by atoms with Crippen LogP contribution in [-0.4, -0.2) is 27.1 Å². The molecule has 5 nitrogen and oxygen atoms in total. The molecule has 146 valence electrons. The lowest BCUT2D eigenvalue weighted by Crippen LogP contribution is -2.42. The summed E-state index contributed by atoms with van der Waals surface area (Å²) < 4.78 is 25.5. The van der Waals surface area contributed by atoms with E-state index in [1.54, 1.807) is 24.3 Å². The van der Waals surface area contributed by atoms with Gasteiger partial charge in [0.1, 0.15) is 6.54 Å². The zero-order chi connectivity index (χ0) is 20.0. The lowest BCUT2D eigenvalue weighted by atomic mass is 9.97. The van der Waals surface area contributed by atoms with Gasteiger partial charge in [-0.3, -0.25) is 9.10 Å².